The fourth-order valence-corrected chi connectivity index (χ4v) is 0.849. The van der Waals surface area contributed by atoms with Crippen molar-refractivity contribution in [2.75, 3.05) is 6.54 Å². The summed E-state index contributed by atoms with van der Waals surface area (Å²) in [5.74, 6) is 0.861. The Kier molecular flexibility index (Phi) is 3.27. The van der Waals surface area contributed by atoms with Gasteiger partial charge in [0.05, 0.1) is 18.8 Å². The third-order valence-electron chi connectivity index (χ3n) is 1.41. The number of amidine groups is 1. The lowest BCUT2D eigenvalue weighted by molar-refractivity contribution is 0.316. The Bertz CT molecular complexity index is 294. The average molecular weight is 184 g/mol. The van der Waals surface area contributed by atoms with Crippen LogP contribution in [-0.2, 0) is 6.54 Å². The van der Waals surface area contributed by atoms with Gasteiger partial charge in [-0.15, -0.1) is 0 Å². The number of nitrogens with one attached hydrogen (secondary N) is 1. The molecule has 0 atom stereocenters. The van der Waals surface area contributed by atoms with Crippen LogP contribution in [0.25, 0.3) is 0 Å². The maximum Gasteiger partial charge on any atom is 0.153 e. The predicted molar refractivity (Wildman–Crippen MR) is 46.4 cm³/mol. The molecule has 0 aliphatic heterocycles. The largest absolute Gasteiger partial charge is 0.409 e. The molecule has 0 aliphatic rings. The smallest absolute Gasteiger partial charge is 0.153 e. The summed E-state index contributed by atoms with van der Waals surface area (Å²) in [5, 5.41) is 17.7. The molecule has 1 heterocycles. The van der Waals surface area contributed by atoms with E-state index in [1.54, 1.807) is 0 Å². The minimum absolute atomic E-state index is 0.135. The van der Waals surface area contributed by atoms with Crippen LogP contribution in [0.2, 0.25) is 0 Å². The average Bonchev–Trinajstić information content (AvgIpc) is 2.51. The van der Waals surface area contributed by atoms with Crippen molar-refractivity contribution < 1.29 is 9.73 Å². The first-order valence-corrected chi connectivity index (χ1v) is 3.81. The molecule has 6 nitrogen and oxygen atoms in total. The lowest BCUT2D eigenvalue weighted by Gasteiger charge is -1.98. The number of nitrogens with zero attached hydrogens (tertiary/aromatic N) is 2. The Hall–Kier alpha value is -1.56. The zero-order valence-corrected chi connectivity index (χ0v) is 7.32. The number of rotatable bonds is 4. The number of aryl methyl sites for hydroxylation is 1. The monoisotopic (exact) mass is 184 g/mol. The van der Waals surface area contributed by atoms with E-state index in [9.17, 15) is 0 Å². The molecule has 0 saturated carbocycles. The van der Waals surface area contributed by atoms with E-state index in [-0.39, 0.29) is 5.84 Å². The molecule has 1 aromatic heterocycles. The molecule has 0 bridgehead atoms. The van der Waals surface area contributed by atoms with Gasteiger partial charge in [-0.25, -0.2) is 0 Å². The summed E-state index contributed by atoms with van der Waals surface area (Å²) in [5.41, 5.74) is 6.07. The van der Waals surface area contributed by atoms with Crippen LogP contribution < -0.4 is 11.1 Å². The molecule has 72 valence electrons. The molecule has 0 fully saturated rings. The number of hydrogen-bond acceptors (Lipinski definition) is 5. The second-order valence-electron chi connectivity index (χ2n) is 2.63. The molecule has 13 heavy (non-hydrogen) atoms. The molecule has 0 aliphatic carbocycles. The molecule has 0 spiro atoms. The van der Waals surface area contributed by atoms with E-state index in [2.05, 4.69) is 15.6 Å². The summed E-state index contributed by atoms with van der Waals surface area (Å²) >= 11 is 0. The Morgan fingerprint density at radius 3 is 3.15 bits per heavy atom. The summed E-state index contributed by atoms with van der Waals surface area (Å²) in [4.78, 5) is 0. The first kappa shape index (κ1) is 9.53. The van der Waals surface area contributed by atoms with E-state index >= 15 is 0 Å². The van der Waals surface area contributed by atoms with Gasteiger partial charge in [-0.3, -0.25) is 0 Å². The molecule has 0 aromatic carbocycles. The standard InChI is InChI=1S/C7H12N4O2/c1-5-2-6(13-11-5)3-9-4-7(8)10-12/h2,9,12H,3-4H2,1H3,(H2,8,10). The van der Waals surface area contributed by atoms with E-state index in [0.29, 0.717) is 13.1 Å². The van der Waals surface area contributed by atoms with Crippen LogP contribution in [0.4, 0.5) is 0 Å². The fraction of sp³-hybridized carbons (Fsp3) is 0.429. The second-order valence-corrected chi connectivity index (χ2v) is 2.63. The lowest BCUT2D eigenvalue weighted by Crippen LogP contribution is -2.28. The SMILES string of the molecule is Cc1cc(CNCC(N)=NO)on1. The van der Waals surface area contributed by atoms with Gasteiger partial charge >= 0.3 is 0 Å². The first-order valence-electron chi connectivity index (χ1n) is 3.81. The highest BCUT2D eigenvalue weighted by Gasteiger charge is 1.99. The van der Waals surface area contributed by atoms with Crippen LogP contribution in [0.15, 0.2) is 15.7 Å². The molecule has 0 unspecified atom stereocenters. The lowest BCUT2D eigenvalue weighted by atomic mass is 10.4. The number of hydrogen-bond donors (Lipinski definition) is 3. The van der Waals surface area contributed by atoms with Gasteiger partial charge < -0.3 is 20.8 Å². The van der Waals surface area contributed by atoms with Crippen molar-refractivity contribution in [3.8, 4) is 0 Å². The molecule has 1 aromatic rings. The van der Waals surface area contributed by atoms with E-state index in [4.69, 9.17) is 15.5 Å². The Morgan fingerprint density at radius 2 is 2.62 bits per heavy atom. The van der Waals surface area contributed by atoms with Gasteiger partial charge in [0.15, 0.2) is 11.6 Å². The number of oxime groups is 1. The van der Waals surface area contributed by atoms with Gasteiger partial charge in [0.1, 0.15) is 0 Å². The van der Waals surface area contributed by atoms with Crippen LogP contribution in [-0.4, -0.2) is 22.7 Å². The molecule has 1 rings (SSSR count). The summed E-state index contributed by atoms with van der Waals surface area (Å²) in [6, 6.07) is 1.82. The van der Waals surface area contributed by atoms with Crippen LogP contribution in [0, 0.1) is 6.92 Å². The molecule has 0 radical (unpaired) electrons. The molecule has 6 heteroatoms. The van der Waals surface area contributed by atoms with Gasteiger partial charge in [0.25, 0.3) is 0 Å². The van der Waals surface area contributed by atoms with Crippen molar-refractivity contribution in [3.63, 3.8) is 0 Å². The van der Waals surface area contributed by atoms with Gasteiger partial charge in [0, 0.05) is 6.07 Å². The highest BCUT2D eigenvalue weighted by molar-refractivity contribution is 5.81. The zero-order chi connectivity index (χ0) is 9.68. The van der Waals surface area contributed by atoms with Crippen molar-refractivity contribution in [1.29, 1.82) is 0 Å². The second kappa shape index (κ2) is 4.46. The van der Waals surface area contributed by atoms with Gasteiger partial charge in [0.2, 0.25) is 0 Å². The van der Waals surface area contributed by atoms with E-state index in [0.717, 1.165) is 11.5 Å². The van der Waals surface area contributed by atoms with Crippen molar-refractivity contribution in [2.45, 2.75) is 13.5 Å². The van der Waals surface area contributed by atoms with Crippen LogP contribution in [0.3, 0.4) is 0 Å². The molecule has 0 amide bonds. The molecular formula is C7H12N4O2. The zero-order valence-electron chi connectivity index (χ0n) is 7.32. The van der Waals surface area contributed by atoms with Crippen molar-refractivity contribution >= 4 is 5.84 Å². The van der Waals surface area contributed by atoms with Crippen molar-refractivity contribution in [1.82, 2.24) is 10.5 Å². The summed E-state index contributed by atoms with van der Waals surface area (Å²) in [6.07, 6.45) is 0. The quantitative estimate of drug-likeness (QED) is 0.261. The Morgan fingerprint density at radius 1 is 1.85 bits per heavy atom. The van der Waals surface area contributed by atoms with Gasteiger partial charge in [-0.1, -0.05) is 10.3 Å². The maximum atomic E-state index is 8.22. The molecular weight excluding hydrogens is 172 g/mol. The Labute approximate surface area is 75.4 Å². The molecule has 4 N–H and O–H groups in total. The van der Waals surface area contributed by atoms with E-state index in [1.165, 1.54) is 0 Å². The highest BCUT2D eigenvalue weighted by Crippen LogP contribution is 2.00. The molecule has 0 saturated heterocycles. The Balaban J connectivity index is 2.28. The predicted octanol–water partition coefficient (Wildman–Crippen LogP) is -0.181. The number of aromatic nitrogens is 1. The van der Waals surface area contributed by atoms with Crippen molar-refractivity contribution in [2.24, 2.45) is 10.9 Å². The van der Waals surface area contributed by atoms with Crippen LogP contribution in [0.1, 0.15) is 11.5 Å². The normalized spacial score (nSPS) is 11.9. The highest BCUT2D eigenvalue weighted by atomic mass is 16.5. The van der Waals surface area contributed by atoms with Gasteiger partial charge in [-0.05, 0) is 6.92 Å². The summed E-state index contributed by atoms with van der Waals surface area (Å²) in [7, 11) is 0. The minimum atomic E-state index is 0.135. The van der Waals surface area contributed by atoms with Crippen LogP contribution in [0.5, 0.6) is 0 Å². The first-order chi connectivity index (χ1) is 6.22. The summed E-state index contributed by atoms with van der Waals surface area (Å²) in [6.45, 7) is 2.67. The number of nitrogens with two attached hydrogens (primary N) is 1. The van der Waals surface area contributed by atoms with E-state index < -0.39 is 0 Å². The minimum Gasteiger partial charge on any atom is -0.409 e. The fourth-order valence-electron chi connectivity index (χ4n) is 0.849. The van der Waals surface area contributed by atoms with E-state index in [1.807, 2.05) is 13.0 Å². The third-order valence-corrected chi connectivity index (χ3v) is 1.41. The summed E-state index contributed by atoms with van der Waals surface area (Å²) < 4.78 is 4.92. The van der Waals surface area contributed by atoms with Crippen molar-refractivity contribution in [3.05, 3.63) is 17.5 Å². The maximum absolute atomic E-state index is 8.22. The van der Waals surface area contributed by atoms with Crippen LogP contribution >= 0.6 is 0 Å². The topological polar surface area (TPSA) is 96.7 Å². The van der Waals surface area contributed by atoms with Gasteiger partial charge in [-0.2, -0.15) is 0 Å². The third kappa shape index (κ3) is 3.12.